The van der Waals surface area contributed by atoms with Gasteiger partial charge in [-0.15, -0.1) is 0 Å². The number of piperidine rings is 1. The number of sulfone groups is 1. The summed E-state index contributed by atoms with van der Waals surface area (Å²) in [7, 11) is -4.31. The molecule has 0 spiro atoms. The fraction of sp³-hybridized carbons (Fsp3) is 0.409. The number of rotatable bonds is 4. The summed E-state index contributed by atoms with van der Waals surface area (Å²) in [5, 5.41) is 0. The number of carbonyl (C=O) groups is 1. The van der Waals surface area contributed by atoms with Crippen molar-refractivity contribution in [2.45, 2.75) is 48.7 Å². The number of alkyl halides is 6. The Labute approximate surface area is 187 Å². The number of benzene rings is 2. The van der Waals surface area contributed by atoms with Crippen LogP contribution in [0.4, 0.5) is 32.0 Å². The number of anilines is 1. The molecular formula is C22H21F6NO3S. The van der Waals surface area contributed by atoms with E-state index in [0.717, 1.165) is 29.2 Å². The Morgan fingerprint density at radius 3 is 2.12 bits per heavy atom. The molecule has 1 saturated heterocycles. The lowest BCUT2D eigenvalue weighted by molar-refractivity contribution is -0.138. The molecule has 180 valence electrons. The number of carbonyl (C=O) groups excluding carboxylic acids is 1. The number of halogens is 6. The highest BCUT2D eigenvalue weighted by Crippen LogP contribution is 2.42. The van der Waals surface area contributed by atoms with Crippen LogP contribution in [0.15, 0.2) is 53.4 Å². The van der Waals surface area contributed by atoms with E-state index in [-0.39, 0.29) is 25.1 Å². The quantitative estimate of drug-likeness (QED) is 0.512. The molecule has 1 atom stereocenters. The molecule has 0 aromatic heterocycles. The van der Waals surface area contributed by atoms with Crippen LogP contribution in [0.3, 0.4) is 0 Å². The second kappa shape index (κ2) is 8.34. The fourth-order valence-corrected chi connectivity index (χ4v) is 5.78. The predicted octanol–water partition coefficient (Wildman–Crippen LogP) is 5.72. The lowest BCUT2D eigenvalue weighted by atomic mass is 9.85. The second-order valence-electron chi connectivity index (χ2n) is 8.38. The molecule has 0 aliphatic carbocycles. The molecule has 0 saturated carbocycles. The predicted molar refractivity (Wildman–Crippen MR) is 109 cm³/mol. The van der Waals surface area contributed by atoms with Crippen LogP contribution in [0.1, 0.15) is 37.8 Å². The maximum Gasteiger partial charge on any atom is 0.418 e. The van der Waals surface area contributed by atoms with Crippen molar-refractivity contribution >= 4 is 21.4 Å². The highest BCUT2D eigenvalue weighted by Gasteiger charge is 2.47. The van der Waals surface area contributed by atoms with Gasteiger partial charge < -0.3 is 4.90 Å². The van der Waals surface area contributed by atoms with E-state index in [1.54, 1.807) is 0 Å². The van der Waals surface area contributed by atoms with Gasteiger partial charge in [-0.1, -0.05) is 18.2 Å². The minimum absolute atomic E-state index is 0.0587. The number of para-hydroxylation sites is 1. The Balaban J connectivity index is 1.89. The SMILES string of the molecule is CC(C)(C1CCN(c2ccccc2C(F)(F)F)C(=O)C1)S(=O)(=O)c1cccc(C(F)(F)F)c1. The first kappa shape index (κ1) is 25.1. The minimum atomic E-state index is -4.73. The summed E-state index contributed by atoms with van der Waals surface area (Å²) >= 11 is 0. The smallest absolute Gasteiger partial charge is 0.312 e. The zero-order valence-electron chi connectivity index (χ0n) is 17.7. The number of hydrogen-bond acceptors (Lipinski definition) is 3. The zero-order chi connectivity index (χ0) is 24.8. The number of nitrogens with zero attached hydrogens (tertiary/aromatic N) is 1. The van der Waals surface area contributed by atoms with Crippen LogP contribution < -0.4 is 4.90 Å². The Morgan fingerprint density at radius 2 is 1.55 bits per heavy atom. The highest BCUT2D eigenvalue weighted by atomic mass is 32.2. The molecule has 2 aromatic rings. The third-order valence-corrected chi connectivity index (χ3v) is 8.66. The molecule has 1 aliphatic rings. The van der Waals surface area contributed by atoms with E-state index < -0.39 is 54.8 Å². The molecule has 1 amide bonds. The van der Waals surface area contributed by atoms with Crippen molar-refractivity contribution in [3.63, 3.8) is 0 Å². The molecule has 11 heteroatoms. The summed E-state index contributed by atoms with van der Waals surface area (Å²) in [5.41, 5.74) is -2.41. The maximum absolute atomic E-state index is 13.4. The molecule has 1 fully saturated rings. The van der Waals surface area contributed by atoms with Crippen molar-refractivity contribution in [2.75, 3.05) is 11.4 Å². The fourth-order valence-electron chi connectivity index (χ4n) is 3.99. The van der Waals surface area contributed by atoms with Crippen LogP contribution in [0, 0.1) is 5.92 Å². The van der Waals surface area contributed by atoms with Gasteiger partial charge >= 0.3 is 12.4 Å². The Bertz CT molecular complexity index is 1160. The first-order valence-electron chi connectivity index (χ1n) is 9.95. The molecule has 4 nitrogen and oxygen atoms in total. The van der Waals surface area contributed by atoms with Crippen molar-refractivity contribution in [1.29, 1.82) is 0 Å². The van der Waals surface area contributed by atoms with Gasteiger partial charge in [-0.25, -0.2) is 8.42 Å². The van der Waals surface area contributed by atoms with Crippen molar-refractivity contribution in [3.8, 4) is 0 Å². The first-order chi connectivity index (χ1) is 15.1. The third kappa shape index (κ3) is 4.73. The van der Waals surface area contributed by atoms with Crippen LogP contribution in [-0.4, -0.2) is 25.6 Å². The summed E-state index contributed by atoms with van der Waals surface area (Å²) in [6.07, 6.45) is -9.72. The van der Waals surface area contributed by atoms with Gasteiger partial charge in [0, 0.05) is 13.0 Å². The monoisotopic (exact) mass is 493 g/mol. The van der Waals surface area contributed by atoms with Crippen LogP contribution in [0.25, 0.3) is 0 Å². The zero-order valence-corrected chi connectivity index (χ0v) is 18.5. The van der Waals surface area contributed by atoms with Crippen LogP contribution in [0.2, 0.25) is 0 Å². The molecule has 1 unspecified atom stereocenters. The van der Waals surface area contributed by atoms with Gasteiger partial charge in [0.1, 0.15) is 0 Å². The van der Waals surface area contributed by atoms with Gasteiger partial charge in [0.25, 0.3) is 0 Å². The Morgan fingerprint density at radius 1 is 0.909 bits per heavy atom. The van der Waals surface area contributed by atoms with E-state index in [0.29, 0.717) is 6.07 Å². The number of hydrogen-bond donors (Lipinski definition) is 0. The molecule has 0 bridgehead atoms. The van der Waals surface area contributed by atoms with Gasteiger partial charge in [-0.3, -0.25) is 4.79 Å². The van der Waals surface area contributed by atoms with Crippen molar-refractivity contribution in [3.05, 3.63) is 59.7 Å². The van der Waals surface area contributed by atoms with Gasteiger partial charge in [0.05, 0.1) is 26.5 Å². The molecular weight excluding hydrogens is 472 g/mol. The molecule has 1 heterocycles. The summed E-state index contributed by atoms with van der Waals surface area (Å²) in [6, 6.07) is 7.96. The lowest BCUT2D eigenvalue weighted by Crippen LogP contribution is -2.49. The van der Waals surface area contributed by atoms with Gasteiger partial charge in [-0.2, -0.15) is 26.3 Å². The largest absolute Gasteiger partial charge is 0.418 e. The molecule has 0 radical (unpaired) electrons. The topological polar surface area (TPSA) is 54.5 Å². The third-order valence-electron chi connectivity index (χ3n) is 6.07. The van der Waals surface area contributed by atoms with E-state index in [4.69, 9.17) is 0 Å². The molecule has 1 aliphatic heterocycles. The number of amides is 1. The standard InChI is InChI=1S/C22H21F6NO3S/c1-20(2,33(31,32)16-7-5-6-15(12-16)21(23,24)25)14-10-11-29(19(30)13-14)18-9-4-3-8-17(18)22(26,27)28/h3-9,12,14H,10-11,13H2,1-2H3. The molecule has 33 heavy (non-hydrogen) atoms. The van der Waals surface area contributed by atoms with E-state index in [1.165, 1.54) is 32.0 Å². The van der Waals surface area contributed by atoms with Crippen LogP contribution >= 0.6 is 0 Å². The van der Waals surface area contributed by atoms with E-state index >= 15 is 0 Å². The summed E-state index contributed by atoms with van der Waals surface area (Å²) < 4.78 is 104. The van der Waals surface area contributed by atoms with E-state index in [2.05, 4.69) is 0 Å². The average molecular weight is 493 g/mol. The summed E-state index contributed by atoms with van der Waals surface area (Å²) in [4.78, 5) is 13.2. The molecule has 2 aromatic carbocycles. The maximum atomic E-state index is 13.4. The normalized spacial score (nSPS) is 18.5. The average Bonchev–Trinajstić information content (AvgIpc) is 2.72. The van der Waals surface area contributed by atoms with E-state index in [1.807, 2.05) is 0 Å². The van der Waals surface area contributed by atoms with Crippen LogP contribution in [0.5, 0.6) is 0 Å². The van der Waals surface area contributed by atoms with Gasteiger partial charge in [0.15, 0.2) is 9.84 Å². The lowest BCUT2D eigenvalue weighted by Gasteiger charge is -2.40. The Hall–Kier alpha value is -2.56. The first-order valence-corrected chi connectivity index (χ1v) is 11.4. The summed E-state index contributed by atoms with van der Waals surface area (Å²) in [5.74, 6) is -1.49. The molecule has 3 rings (SSSR count). The van der Waals surface area contributed by atoms with Crippen LogP contribution in [-0.2, 0) is 27.0 Å². The Kier molecular flexibility index (Phi) is 6.33. The summed E-state index contributed by atoms with van der Waals surface area (Å²) in [6.45, 7) is 2.48. The van der Waals surface area contributed by atoms with E-state index in [9.17, 15) is 39.6 Å². The van der Waals surface area contributed by atoms with Crippen molar-refractivity contribution < 1.29 is 39.6 Å². The van der Waals surface area contributed by atoms with Crippen molar-refractivity contribution in [2.24, 2.45) is 5.92 Å². The second-order valence-corrected chi connectivity index (χ2v) is 10.9. The molecule has 0 N–H and O–H groups in total. The van der Waals surface area contributed by atoms with Crippen molar-refractivity contribution in [1.82, 2.24) is 0 Å². The minimum Gasteiger partial charge on any atom is -0.312 e. The van der Waals surface area contributed by atoms with Gasteiger partial charge in [-0.05, 0) is 56.5 Å². The highest BCUT2D eigenvalue weighted by molar-refractivity contribution is 7.92. The van der Waals surface area contributed by atoms with Gasteiger partial charge in [0.2, 0.25) is 5.91 Å².